The Hall–Kier alpha value is -3.12. The summed E-state index contributed by atoms with van der Waals surface area (Å²) in [4.78, 5) is 16.0. The van der Waals surface area contributed by atoms with Crippen molar-refractivity contribution in [1.82, 2.24) is 4.98 Å². The zero-order valence-corrected chi connectivity index (χ0v) is 17.6. The smallest absolute Gasteiger partial charge is 0.333 e. The lowest BCUT2D eigenvalue weighted by atomic mass is 9.99. The summed E-state index contributed by atoms with van der Waals surface area (Å²) >= 11 is 0. The molecule has 3 rings (SSSR count). The van der Waals surface area contributed by atoms with E-state index in [0.29, 0.717) is 31.3 Å². The van der Waals surface area contributed by atoms with Crippen LogP contribution in [0.5, 0.6) is 5.75 Å². The van der Waals surface area contributed by atoms with Crippen LogP contribution in [0.4, 0.5) is 0 Å². The van der Waals surface area contributed by atoms with Crippen molar-refractivity contribution in [3.05, 3.63) is 71.1 Å². The number of nitrogens with zero attached hydrogens (tertiary/aromatic N) is 1. The first-order valence-corrected chi connectivity index (χ1v) is 10.1. The van der Waals surface area contributed by atoms with Crippen LogP contribution >= 0.6 is 0 Å². The molecule has 2 aromatic carbocycles. The van der Waals surface area contributed by atoms with E-state index < -0.39 is 12.1 Å². The molecule has 158 valence electrons. The predicted molar refractivity (Wildman–Crippen MR) is 114 cm³/mol. The summed E-state index contributed by atoms with van der Waals surface area (Å²) in [5.41, 5.74) is 3.67. The number of aryl methyl sites for hydroxylation is 2. The third-order valence-electron chi connectivity index (χ3n) is 4.90. The second-order valence-corrected chi connectivity index (χ2v) is 6.95. The van der Waals surface area contributed by atoms with Crippen molar-refractivity contribution in [1.29, 1.82) is 0 Å². The molecule has 0 amide bonds. The first-order chi connectivity index (χ1) is 14.5. The number of aromatic nitrogens is 1. The van der Waals surface area contributed by atoms with Gasteiger partial charge in [-0.1, -0.05) is 31.2 Å². The number of oxazole rings is 1. The van der Waals surface area contributed by atoms with Crippen LogP contribution in [0.15, 0.2) is 52.9 Å². The summed E-state index contributed by atoms with van der Waals surface area (Å²) in [7, 11) is 0. The van der Waals surface area contributed by atoms with E-state index in [1.54, 1.807) is 6.92 Å². The molecule has 1 aromatic heterocycles. The van der Waals surface area contributed by atoms with Crippen LogP contribution in [0.25, 0.3) is 11.5 Å². The Morgan fingerprint density at radius 2 is 1.90 bits per heavy atom. The van der Waals surface area contributed by atoms with Gasteiger partial charge in [0.1, 0.15) is 23.8 Å². The largest absolute Gasteiger partial charge is 0.487 e. The molecule has 0 bridgehead atoms. The van der Waals surface area contributed by atoms with Crippen molar-refractivity contribution < 1.29 is 23.8 Å². The second-order valence-electron chi connectivity index (χ2n) is 6.95. The monoisotopic (exact) mass is 409 g/mol. The van der Waals surface area contributed by atoms with Crippen molar-refractivity contribution in [2.75, 3.05) is 6.61 Å². The van der Waals surface area contributed by atoms with Gasteiger partial charge in [-0.05, 0) is 55.7 Å². The van der Waals surface area contributed by atoms with E-state index in [9.17, 15) is 9.90 Å². The van der Waals surface area contributed by atoms with Crippen molar-refractivity contribution in [3.63, 3.8) is 0 Å². The molecular weight excluding hydrogens is 382 g/mol. The van der Waals surface area contributed by atoms with Gasteiger partial charge in [0.25, 0.3) is 0 Å². The molecule has 0 saturated heterocycles. The van der Waals surface area contributed by atoms with Gasteiger partial charge in [0, 0.05) is 18.6 Å². The lowest BCUT2D eigenvalue weighted by molar-refractivity contribution is -0.149. The summed E-state index contributed by atoms with van der Waals surface area (Å²) in [5.74, 6) is 1.06. The fraction of sp³-hybridized carbons (Fsp3) is 0.333. The molecule has 0 radical (unpaired) electrons. The fourth-order valence-electron chi connectivity index (χ4n) is 3.26. The lowest BCUT2D eigenvalue weighted by Gasteiger charge is -2.16. The minimum Gasteiger partial charge on any atom is -0.487 e. The average Bonchev–Trinajstić information content (AvgIpc) is 3.13. The number of rotatable bonds is 10. The third kappa shape index (κ3) is 5.27. The molecular formula is C24H27NO5. The molecule has 30 heavy (non-hydrogen) atoms. The molecule has 0 aliphatic rings. The zero-order chi connectivity index (χ0) is 21.5. The first kappa shape index (κ1) is 21.6. The van der Waals surface area contributed by atoms with Crippen LogP contribution in [-0.4, -0.2) is 28.8 Å². The summed E-state index contributed by atoms with van der Waals surface area (Å²) in [6.07, 6.45) is 0.253. The number of aliphatic carboxylic acids is 1. The number of ether oxygens (including phenoxy) is 2. The normalized spacial score (nSPS) is 12.0. The van der Waals surface area contributed by atoms with Gasteiger partial charge in [-0.3, -0.25) is 0 Å². The first-order valence-electron chi connectivity index (χ1n) is 10.1. The van der Waals surface area contributed by atoms with Gasteiger partial charge >= 0.3 is 5.97 Å². The van der Waals surface area contributed by atoms with E-state index in [4.69, 9.17) is 13.9 Å². The number of benzene rings is 2. The lowest BCUT2D eigenvalue weighted by Crippen LogP contribution is -2.26. The molecule has 0 aliphatic carbocycles. The van der Waals surface area contributed by atoms with Gasteiger partial charge < -0.3 is 19.0 Å². The highest BCUT2D eigenvalue weighted by Crippen LogP contribution is 2.24. The van der Waals surface area contributed by atoms with E-state index in [1.165, 1.54) is 0 Å². The van der Waals surface area contributed by atoms with Gasteiger partial charge in [-0.15, -0.1) is 0 Å². The molecule has 1 atom stereocenters. The predicted octanol–water partition coefficient (Wildman–Crippen LogP) is 4.82. The minimum atomic E-state index is -0.949. The highest BCUT2D eigenvalue weighted by Gasteiger charge is 2.20. The highest BCUT2D eigenvalue weighted by molar-refractivity contribution is 5.72. The fourth-order valence-corrected chi connectivity index (χ4v) is 3.26. The summed E-state index contributed by atoms with van der Waals surface area (Å²) in [5, 5.41) is 9.34. The standard InChI is InChI=1S/C24H27NO5/c1-4-17-13-20(12-11-19(17)14-22(24(26)27)28-5-2)29-15-21-16(3)30-23(25-21)18-9-7-6-8-10-18/h6-13,22H,4-5,14-15H2,1-3H3,(H,26,27). The maximum absolute atomic E-state index is 11.4. The Labute approximate surface area is 176 Å². The van der Waals surface area contributed by atoms with Gasteiger partial charge in [-0.25, -0.2) is 9.78 Å². The van der Waals surface area contributed by atoms with Crippen molar-refractivity contribution in [3.8, 4) is 17.2 Å². The van der Waals surface area contributed by atoms with E-state index in [2.05, 4.69) is 4.98 Å². The van der Waals surface area contributed by atoms with E-state index >= 15 is 0 Å². The number of hydrogen-bond acceptors (Lipinski definition) is 5. The Bertz CT molecular complexity index is 981. The second kappa shape index (κ2) is 10.1. The molecule has 1 unspecified atom stereocenters. The van der Waals surface area contributed by atoms with Crippen LogP contribution in [0.2, 0.25) is 0 Å². The van der Waals surface area contributed by atoms with Crippen LogP contribution in [0, 0.1) is 6.92 Å². The average molecular weight is 409 g/mol. The van der Waals surface area contributed by atoms with Crippen LogP contribution < -0.4 is 4.74 Å². The highest BCUT2D eigenvalue weighted by atomic mass is 16.5. The van der Waals surface area contributed by atoms with E-state index in [0.717, 1.165) is 34.6 Å². The van der Waals surface area contributed by atoms with Crippen molar-refractivity contribution in [2.45, 2.75) is 46.3 Å². The number of carboxylic acids is 1. The SMILES string of the molecule is CCOC(Cc1ccc(OCc2nc(-c3ccccc3)oc2C)cc1CC)C(=O)O. The Morgan fingerprint density at radius 3 is 2.57 bits per heavy atom. The molecule has 1 heterocycles. The molecule has 0 spiro atoms. The summed E-state index contributed by atoms with van der Waals surface area (Å²) in [6.45, 7) is 6.36. The quantitative estimate of drug-likeness (QED) is 0.517. The van der Waals surface area contributed by atoms with Crippen LogP contribution in [0.1, 0.15) is 36.4 Å². The molecule has 0 aliphatic heterocycles. The minimum absolute atomic E-state index is 0.293. The van der Waals surface area contributed by atoms with Crippen molar-refractivity contribution >= 4 is 5.97 Å². The molecule has 6 nitrogen and oxygen atoms in total. The molecule has 3 aromatic rings. The Balaban J connectivity index is 1.70. The maximum Gasteiger partial charge on any atom is 0.333 e. The van der Waals surface area contributed by atoms with E-state index in [-0.39, 0.29) is 0 Å². The topological polar surface area (TPSA) is 81.8 Å². The van der Waals surface area contributed by atoms with Gasteiger partial charge in [-0.2, -0.15) is 0 Å². The molecule has 0 fully saturated rings. The number of carbonyl (C=O) groups is 1. The molecule has 6 heteroatoms. The van der Waals surface area contributed by atoms with Gasteiger partial charge in [0.2, 0.25) is 5.89 Å². The van der Waals surface area contributed by atoms with E-state index in [1.807, 2.05) is 62.4 Å². The summed E-state index contributed by atoms with van der Waals surface area (Å²) < 4.78 is 17.1. The van der Waals surface area contributed by atoms with Gasteiger partial charge in [0.05, 0.1) is 0 Å². The molecule has 0 saturated carbocycles. The third-order valence-corrected chi connectivity index (χ3v) is 4.90. The Morgan fingerprint density at radius 1 is 1.13 bits per heavy atom. The Kier molecular flexibility index (Phi) is 7.25. The van der Waals surface area contributed by atoms with Crippen LogP contribution in [0.3, 0.4) is 0 Å². The molecule has 1 N–H and O–H groups in total. The zero-order valence-electron chi connectivity index (χ0n) is 17.6. The number of hydrogen-bond donors (Lipinski definition) is 1. The number of carboxylic acid groups (broad SMARTS) is 1. The van der Waals surface area contributed by atoms with Crippen molar-refractivity contribution in [2.24, 2.45) is 0 Å². The van der Waals surface area contributed by atoms with Gasteiger partial charge in [0.15, 0.2) is 6.10 Å². The van der Waals surface area contributed by atoms with Crippen LogP contribution in [-0.2, 0) is 29.0 Å². The summed E-state index contributed by atoms with van der Waals surface area (Å²) in [6, 6.07) is 15.5. The maximum atomic E-state index is 11.4.